The summed E-state index contributed by atoms with van der Waals surface area (Å²) in [5.74, 6) is 0.143. The average molecular weight is 388 g/mol. The highest BCUT2D eigenvalue weighted by Crippen LogP contribution is 2.30. The van der Waals surface area contributed by atoms with Crippen LogP contribution in [-0.4, -0.2) is 31.1 Å². The van der Waals surface area contributed by atoms with Crippen molar-refractivity contribution in [2.45, 2.75) is 32.9 Å². The van der Waals surface area contributed by atoms with Crippen molar-refractivity contribution in [2.24, 2.45) is 0 Å². The van der Waals surface area contributed by atoms with Crippen molar-refractivity contribution < 1.29 is 23.0 Å². The summed E-state index contributed by atoms with van der Waals surface area (Å²) in [6.45, 7) is -0.557. The van der Waals surface area contributed by atoms with Crippen LogP contribution in [0.5, 0.6) is 11.5 Å². The van der Waals surface area contributed by atoms with E-state index >= 15 is 0 Å². The monoisotopic (exact) mass is 388 g/mol. The number of ether oxygens (including phenoxy) is 2. The second-order valence-electron chi connectivity index (χ2n) is 6.15. The zero-order valence-electron chi connectivity index (χ0n) is 15.8. The number of amides is 1. The molecule has 2 aromatic carbocycles. The first kappa shape index (κ1) is 21.2. The third-order valence-corrected chi connectivity index (χ3v) is 4.08. The van der Waals surface area contributed by atoms with Gasteiger partial charge in [-0.25, -0.2) is 0 Å². The number of halogens is 2. The van der Waals surface area contributed by atoms with E-state index in [-0.39, 0.29) is 17.4 Å². The quantitative estimate of drug-likeness (QED) is 0.647. The summed E-state index contributed by atoms with van der Waals surface area (Å²) in [4.78, 5) is 14.0. The largest absolute Gasteiger partial charge is 0.490 e. The lowest BCUT2D eigenvalue weighted by Crippen LogP contribution is -2.26. The number of alkyl halides is 2. The molecule has 0 heterocycles. The molecule has 0 aliphatic rings. The Kier molecular flexibility index (Phi) is 7.76. The van der Waals surface area contributed by atoms with Gasteiger partial charge in [-0.15, -0.1) is 0 Å². The van der Waals surface area contributed by atoms with Gasteiger partial charge < -0.3 is 14.4 Å². The molecular weight excluding hydrogens is 366 g/mol. The van der Waals surface area contributed by atoms with Crippen LogP contribution in [0.2, 0.25) is 0 Å². The van der Waals surface area contributed by atoms with E-state index in [1.165, 1.54) is 6.07 Å². The van der Waals surface area contributed by atoms with Crippen LogP contribution in [0.4, 0.5) is 8.78 Å². The molecule has 0 atom stereocenters. The molecule has 0 aromatic heterocycles. The Bertz CT molecular complexity index is 833. The molecule has 28 heavy (non-hydrogen) atoms. The highest BCUT2D eigenvalue weighted by atomic mass is 19.3. The second kappa shape index (κ2) is 10.3. The lowest BCUT2D eigenvalue weighted by Gasteiger charge is -2.19. The molecule has 0 aliphatic heterocycles. The van der Waals surface area contributed by atoms with Crippen molar-refractivity contribution in [2.75, 3.05) is 13.7 Å². The minimum absolute atomic E-state index is 0.0320. The summed E-state index contributed by atoms with van der Waals surface area (Å²) >= 11 is 0. The summed E-state index contributed by atoms with van der Waals surface area (Å²) in [5.41, 5.74) is 2.31. The Labute approximate surface area is 163 Å². The Morgan fingerprint density at radius 2 is 1.82 bits per heavy atom. The molecule has 0 aliphatic carbocycles. The molecule has 148 valence electrons. The van der Waals surface area contributed by atoms with E-state index < -0.39 is 6.61 Å². The van der Waals surface area contributed by atoms with Crippen molar-refractivity contribution >= 4 is 5.91 Å². The Morgan fingerprint density at radius 1 is 1.14 bits per heavy atom. The van der Waals surface area contributed by atoms with Crippen molar-refractivity contribution in [3.05, 3.63) is 59.2 Å². The lowest BCUT2D eigenvalue weighted by atomic mass is 10.1. The molecule has 0 N–H and O–H groups in total. The molecule has 2 rings (SSSR count). The fraction of sp³-hybridized carbons (Fsp3) is 0.333. The molecule has 0 radical (unpaired) electrons. The van der Waals surface area contributed by atoms with Gasteiger partial charge in [-0.3, -0.25) is 4.79 Å². The van der Waals surface area contributed by atoms with E-state index in [1.807, 2.05) is 12.1 Å². The van der Waals surface area contributed by atoms with Crippen molar-refractivity contribution in [3.63, 3.8) is 0 Å². The van der Waals surface area contributed by atoms with Crippen LogP contribution in [-0.2, 0) is 17.8 Å². The predicted molar refractivity (Wildman–Crippen MR) is 100 cm³/mol. The maximum absolute atomic E-state index is 12.5. The van der Waals surface area contributed by atoms with Crippen molar-refractivity contribution in [1.29, 1.82) is 5.26 Å². The van der Waals surface area contributed by atoms with Gasteiger partial charge in [0.15, 0.2) is 11.5 Å². The minimum Gasteiger partial charge on any atom is -0.490 e. The third-order valence-electron chi connectivity index (χ3n) is 4.08. The van der Waals surface area contributed by atoms with Crippen LogP contribution >= 0.6 is 0 Å². The van der Waals surface area contributed by atoms with Crippen LogP contribution < -0.4 is 9.47 Å². The van der Waals surface area contributed by atoms with Gasteiger partial charge in [-0.1, -0.05) is 18.2 Å². The summed E-state index contributed by atoms with van der Waals surface area (Å²) in [5, 5.41) is 8.81. The molecule has 0 fully saturated rings. The summed E-state index contributed by atoms with van der Waals surface area (Å²) in [7, 11) is 1.69. The standard InChI is InChI=1S/C21H22F2N2O3/c1-3-27-19-12-17(8-10-18(19)28-21(22)23)14-25(2)20(26)11-9-15-4-6-16(13-24)7-5-15/h4-8,10,12,21H,3,9,11,14H2,1-2H3. The number of benzene rings is 2. The fourth-order valence-corrected chi connectivity index (χ4v) is 2.66. The molecule has 2 aromatic rings. The Hall–Kier alpha value is -3.14. The lowest BCUT2D eigenvalue weighted by molar-refractivity contribution is -0.130. The molecular formula is C21H22F2N2O3. The average Bonchev–Trinajstić information content (AvgIpc) is 2.68. The van der Waals surface area contributed by atoms with Gasteiger partial charge in [0.2, 0.25) is 5.91 Å². The van der Waals surface area contributed by atoms with Gasteiger partial charge in [0.25, 0.3) is 0 Å². The van der Waals surface area contributed by atoms with Crippen molar-refractivity contribution in [3.8, 4) is 17.6 Å². The normalized spacial score (nSPS) is 10.4. The van der Waals surface area contributed by atoms with Gasteiger partial charge in [0.1, 0.15) is 0 Å². The smallest absolute Gasteiger partial charge is 0.387 e. The van der Waals surface area contributed by atoms with E-state index in [9.17, 15) is 13.6 Å². The van der Waals surface area contributed by atoms with Gasteiger partial charge in [-0.2, -0.15) is 14.0 Å². The molecule has 0 unspecified atom stereocenters. The fourth-order valence-electron chi connectivity index (χ4n) is 2.66. The highest BCUT2D eigenvalue weighted by molar-refractivity contribution is 5.76. The number of rotatable bonds is 9. The molecule has 0 saturated carbocycles. The number of hydrogen-bond donors (Lipinski definition) is 0. The van der Waals surface area contributed by atoms with Crippen molar-refractivity contribution in [1.82, 2.24) is 4.90 Å². The number of hydrogen-bond acceptors (Lipinski definition) is 4. The first-order valence-electron chi connectivity index (χ1n) is 8.86. The van der Waals surface area contributed by atoms with Gasteiger partial charge in [0.05, 0.1) is 18.2 Å². The number of nitrogens with zero attached hydrogens (tertiary/aromatic N) is 2. The van der Waals surface area contributed by atoms with Crippen LogP contribution in [0.25, 0.3) is 0 Å². The van der Waals surface area contributed by atoms with Gasteiger partial charge in [0, 0.05) is 20.0 Å². The molecule has 7 heteroatoms. The van der Waals surface area contributed by atoms with Crippen LogP contribution in [0.1, 0.15) is 30.0 Å². The first-order valence-corrected chi connectivity index (χ1v) is 8.86. The minimum atomic E-state index is -2.93. The Morgan fingerprint density at radius 3 is 2.43 bits per heavy atom. The summed E-state index contributed by atoms with van der Waals surface area (Å²) < 4.78 is 34.8. The predicted octanol–water partition coefficient (Wildman–Crippen LogP) is 4.15. The number of carbonyl (C=O) groups is 1. The number of aryl methyl sites for hydroxylation is 1. The summed E-state index contributed by atoms with van der Waals surface area (Å²) in [6, 6.07) is 13.8. The van der Waals surface area contributed by atoms with Crippen LogP contribution in [0.15, 0.2) is 42.5 Å². The third kappa shape index (κ3) is 6.23. The zero-order chi connectivity index (χ0) is 20.5. The van der Waals surface area contributed by atoms with Gasteiger partial charge in [-0.05, 0) is 48.7 Å². The maximum atomic E-state index is 12.5. The van der Waals surface area contributed by atoms with E-state index in [4.69, 9.17) is 10.00 Å². The number of carbonyl (C=O) groups excluding carboxylic acids is 1. The second-order valence-corrected chi connectivity index (χ2v) is 6.15. The zero-order valence-corrected chi connectivity index (χ0v) is 15.8. The topological polar surface area (TPSA) is 62.6 Å². The van der Waals surface area contributed by atoms with E-state index in [0.29, 0.717) is 31.6 Å². The molecule has 0 saturated heterocycles. The molecule has 5 nitrogen and oxygen atoms in total. The molecule has 0 bridgehead atoms. The van der Waals surface area contributed by atoms with E-state index in [1.54, 1.807) is 43.1 Å². The molecule has 0 spiro atoms. The van der Waals surface area contributed by atoms with Crippen LogP contribution in [0, 0.1) is 11.3 Å². The number of nitriles is 1. The summed E-state index contributed by atoms with van der Waals surface area (Å²) in [6.07, 6.45) is 0.896. The first-order chi connectivity index (χ1) is 13.4. The highest BCUT2D eigenvalue weighted by Gasteiger charge is 2.14. The van der Waals surface area contributed by atoms with E-state index in [0.717, 1.165) is 11.1 Å². The van der Waals surface area contributed by atoms with Gasteiger partial charge >= 0.3 is 6.61 Å². The maximum Gasteiger partial charge on any atom is 0.387 e. The van der Waals surface area contributed by atoms with Crippen LogP contribution in [0.3, 0.4) is 0 Å². The Balaban J connectivity index is 1.96. The van der Waals surface area contributed by atoms with E-state index in [2.05, 4.69) is 10.8 Å². The SMILES string of the molecule is CCOc1cc(CN(C)C(=O)CCc2ccc(C#N)cc2)ccc1OC(F)F. The molecule has 1 amide bonds.